The monoisotopic (exact) mass is 389 g/mol. The number of thioether (sulfide) groups is 1. The number of rotatable bonds is 2. The van der Waals surface area contributed by atoms with Gasteiger partial charge < -0.3 is 0 Å². The summed E-state index contributed by atoms with van der Waals surface area (Å²) in [5.74, 6) is -0.0678. The summed E-state index contributed by atoms with van der Waals surface area (Å²) in [5.41, 5.74) is 2.94. The molecule has 0 aliphatic carbocycles. The third-order valence-corrected chi connectivity index (χ3v) is 5.08. The minimum absolute atomic E-state index is 0.0678. The normalized spacial score (nSPS) is 16.6. The van der Waals surface area contributed by atoms with Gasteiger partial charge in [-0.05, 0) is 42.8 Å². The molecule has 0 unspecified atom stereocenters. The molecular weight excluding hydrogens is 378 g/mol. The van der Waals surface area contributed by atoms with Crippen LogP contribution in [0, 0.1) is 6.92 Å². The van der Waals surface area contributed by atoms with E-state index in [0.29, 0.717) is 9.23 Å². The molecule has 1 amide bonds. The van der Waals surface area contributed by atoms with Crippen molar-refractivity contribution in [2.45, 2.75) is 6.92 Å². The number of amides is 1. The lowest BCUT2D eigenvalue weighted by molar-refractivity contribution is -0.113. The lowest BCUT2D eigenvalue weighted by atomic mass is 10.2. The van der Waals surface area contributed by atoms with Crippen LogP contribution >= 0.6 is 39.9 Å². The van der Waals surface area contributed by atoms with E-state index in [9.17, 15) is 4.79 Å². The Balaban J connectivity index is 1.91. The number of anilines is 1. The highest BCUT2D eigenvalue weighted by Crippen LogP contribution is 2.36. The van der Waals surface area contributed by atoms with Gasteiger partial charge in [-0.1, -0.05) is 69.7 Å². The zero-order chi connectivity index (χ0) is 15.7. The Bertz CT molecular complexity index is 766. The molecule has 0 saturated carbocycles. The van der Waals surface area contributed by atoms with Crippen molar-refractivity contribution >= 4 is 61.9 Å². The predicted molar refractivity (Wildman–Crippen MR) is 101 cm³/mol. The second kappa shape index (κ2) is 6.36. The fourth-order valence-corrected chi connectivity index (χ4v) is 3.66. The summed E-state index contributed by atoms with van der Waals surface area (Å²) in [5, 5.41) is 0. The second-order valence-electron chi connectivity index (χ2n) is 4.90. The fraction of sp³-hybridized carbons (Fsp3) is 0.0588. The van der Waals surface area contributed by atoms with E-state index in [1.807, 2.05) is 61.5 Å². The topological polar surface area (TPSA) is 20.3 Å². The van der Waals surface area contributed by atoms with E-state index in [2.05, 4.69) is 15.9 Å². The van der Waals surface area contributed by atoms with Gasteiger partial charge in [-0.3, -0.25) is 9.69 Å². The molecule has 2 aromatic rings. The number of hydrogen-bond acceptors (Lipinski definition) is 3. The van der Waals surface area contributed by atoms with Crippen molar-refractivity contribution in [1.29, 1.82) is 0 Å². The van der Waals surface area contributed by atoms with Gasteiger partial charge in [0.15, 0.2) is 4.32 Å². The molecule has 1 heterocycles. The third kappa shape index (κ3) is 3.16. The van der Waals surface area contributed by atoms with E-state index in [1.54, 1.807) is 4.90 Å². The van der Waals surface area contributed by atoms with Crippen molar-refractivity contribution in [3.05, 3.63) is 69.0 Å². The first-order valence-corrected chi connectivity index (χ1v) is 8.66. The first-order valence-electron chi connectivity index (χ1n) is 6.65. The van der Waals surface area contributed by atoms with E-state index in [1.165, 1.54) is 11.8 Å². The van der Waals surface area contributed by atoms with E-state index in [0.717, 1.165) is 21.3 Å². The Hall–Kier alpha value is -1.43. The molecule has 0 bridgehead atoms. The van der Waals surface area contributed by atoms with Gasteiger partial charge in [0, 0.05) is 4.47 Å². The van der Waals surface area contributed by atoms with Gasteiger partial charge in [0.1, 0.15) is 0 Å². The van der Waals surface area contributed by atoms with Gasteiger partial charge in [-0.25, -0.2) is 0 Å². The molecule has 1 fully saturated rings. The van der Waals surface area contributed by atoms with Crippen LogP contribution in [0.2, 0.25) is 0 Å². The summed E-state index contributed by atoms with van der Waals surface area (Å²) in [6, 6.07) is 15.6. The van der Waals surface area contributed by atoms with Crippen molar-refractivity contribution in [3.63, 3.8) is 0 Å². The zero-order valence-corrected chi connectivity index (χ0v) is 15.0. The van der Waals surface area contributed by atoms with Gasteiger partial charge in [-0.2, -0.15) is 0 Å². The van der Waals surface area contributed by atoms with Gasteiger partial charge in [0.2, 0.25) is 0 Å². The maximum atomic E-state index is 12.6. The quantitative estimate of drug-likeness (QED) is 0.522. The van der Waals surface area contributed by atoms with Crippen molar-refractivity contribution in [3.8, 4) is 0 Å². The van der Waals surface area contributed by atoms with Crippen LogP contribution in [-0.2, 0) is 4.79 Å². The van der Waals surface area contributed by atoms with Gasteiger partial charge in [0.25, 0.3) is 5.91 Å². The van der Waals surface area contributed by atoms with E-state index < -0.39 is 0 Å². The molecule has 0 radical (unpaired) electrons. The fourth-order valence-electron chi connectivity index (χ4n) is 2.09. The van der Waals surface area contributed by atoms with Crippen LogP contribution < -0.4 is 4.90 Å². The first kappa shape index (κ1) is 15.5. The van der Waals surface area contributed by atoms with E-state index in [4.69, 9.17) is 12.2 Å². The Labute approximate surface area is 147 Å². The Morgan fingerprint density at radius 1 is 1.09 bits per heavy atom. The smallest absolute Gasteiger partial charge is 0.268 e. The summed E-state index contributed by atoms with van der Waals surface area (Å²) in [4.78, 5) is 14.8. The van der Waals surface area contributed by atoms with Crippen LogP contribution in [0.4, 0.5) is 5.69 Å². The predicted octanol–water partition coefficient (Wildman–Crippen LogP) is 5.16. The highest BCUT2D eigenvalue weighted by Gasteiger charge is 2.33. The molecule has 2 nitrogen and oxygen atoms in total. The van der Waals surface area contributed by atoms with Crippen LogP contribution in [0.25, 0.3) is 6.08 Å². The second-order valence-corrected chi connectivity index (χ2v) is 7.50. The summed E-state index contributed by atoms with van der Waals surface area (Å²) in [7, 11) is 0. The highest BCUT2D eigenvalue weighted by atomic mass is 79.9. The molecule has 22 heavy (non-hydrogen) atoms. The number of aryl methyl sites for hydroxylation is 1. The minimum atomic E-state index is -0.0678. The van der Waals surface area contributed by atoms with Gasteiger partial charge in [-0.15, -0.1) is 0 Å². The maximum Gasteiger partial charge on any atom is 0.270 e. The van der Waals surface area contributed by atoms with Crippen LogP contribution in [0.1, 0.15) is 11.1 Å². The van der Waals surface area contributed by atoms with E-state index >= 15 is 0 Å². The Morgan fingerprint density at radius 3 is 2.36 bits per heavy atom. The van der Waals surface area contributed by atoms with Gasteiger partial charge in [0.05, 0.1) is 10.6 Å². The van der Waals surface area contributed by atoms with Gasteiger partial charge >= 0.3 is 0 Å². The molecule has 2 aromatic carbocycles. The number of nitrogens with zero attached hydrogens (tertiary/aromatic N) is 1. The average Bonchev–Trinajstić information content (AvgIpc) is 2.77. The number of hydrogen-bond donors (Lipinski definition) is 0. The summed E-state index contributed by atoms with van der Waals surface area (Å²) in [6.45, 7) is 2.02. The van der Waals surface area contributed by atoms with Crippen LogP contribution in [0.5, 0.6) is 0 Å². The largest absolute Gasteiger partial charge is 0.270 e. The van der Waals surface area contributed by atoms with Crippen molar-refractivity contribution in [1.82, 2.24) is 0 Å². The Morgan fingerprint density at radius 2 is 1.73 bits per heavy atom. The van der Waals surface area contributed by atoms with Crippen LogP contribution in [-0.4, -0.2) is 10.2 Å². The number of benzene rings is 2. The summed E-state index contributed by atoms with van der Waals surface area (Å²) < 4.78 is 1.58. The summed E-state index contributed by atoms with van der Waals surface area (Å²) in [6.07, 6.45) is 1.87. The molecule has 3 rings (SSSR count). The van der Waals surface area contributed by atoms with Crippen molar-refractivity contribution in [2.75, 3.05) is 4.90 Å². The zero-order valence-electron chi connectivity index (χ0n) is 11.7. The molecule has 1 saturated heterocycles. The molecular formula is C17H12BrNOS2. The van der Waals surface area contributed by atoms with Crippen molar-refractivity contribution in [2.24, 2.45) is 0 Å². The SMILES string of the molecule is Cc1ccc(N2C(=O)/C(=C/c3ccc(Br)cc3)SC2=S)cc1. The lowest BCUT2D eigenvalue weighted by Gasteiger charge is -2.14. The molecule has 5 heteroatoms. The maximum absolute atomic E-state index is 12.6. The number of carbonyl (C=O) groups is 1. The standard InChI is InChI=1S/C17H12BrNOS2/c1-11-2-8-14(9-3-11)19-16(20)15(22-17(19)21)10-12-4-6-13(18)7-5-12/h2-10H,1H3/b15-10-. The molecule has 0 N–H and O–H groups in total. The molecule has 1 aliphatic rings. The third-order valence-electron chi connectivity index (χ3n) is 3.25. The Kier molecular flexibility index (Phi) is 4.47. The van der Waals surface area contributed by atoms with Crippen LogP contribution in [0.3, 0.4) is 0 Å². The molecule has 110 valence electrons. The van der Waals surface area contributed by atoms with Crippen LogP contribution in [0.15, 0.2) is 57.9 Å². The summed E-state index contributed by atoms with van der Waals surface area (Å²) >= 11 is 10.1. The molecule has 1 aliphatic heterocycles. The molecule has 0 atom stereocenters. The van der Waals surface area contributed by atoms with E-state index in [-0.39, 0.29) is 5.91 Å². The lowest BCUT2D eigenvalue weighted by Crippen LogP contribution is -2.27. The number of halogens is 1. The number of carbonyl (C=O) groups excluding carboxylic acids is 1. The average molecular weight is 390 g/mol. The molecule has 0 aromatic heterocycles. The minimum Gasteiger partial charge on any atom is -0.268 e. The molecule has 0 spiro atoms. The highest BCUT2D eigenvalue weighted by molar-refractivity contribution is 9.10. The number of thiocarbonyl (C=S) groups is 1. The van der Waals surface area contributed by atoms with Crippen molar-refractivity contribution < 1.29 is 4.79 Å². The first-order chi connectivity index (χ1) is 10.5.